The molecule has 0 aliphatic heterocycles. The lowest BCUT2D eigenvalue weighted by molar-refractivity contribution is -0.115. The Bertz CT molecular complexity index is 501. The van der Waals surface area contributed by atoms with Gasteiger partial charge < -0.3 is 5.73 Å². The zero-order valence-corrected chi connectivity index (χ0v) is 9.72. The highest BCUT2D eigenvalue weighted by atomic mass is 32.2. The van der Waals surface area contributed by atoms with E-state index in [1.807, 2.05) is 24.3 Å². The van der Waals surface area contributed by atoms with Gasteiger partial charge in [0.15, 0.2) is 0 Å². The average Bonchev–Trinajstić information content (AvgIpc) is 2.38. The fourth-order valence-corrected chi connectivity index (χ4v) is 1.76. The summed E-state index contributed by atoms with van der Waals surface area (Å²) in [5.74, 6) is -0.158. The van der Waals surface area contributed by atoms with Crippen LogP contribution in [0.5, 0.6) is 0 Å². The second-order valence-corrected chi connectivity index (χ2v) is 4.25. The second-order valence-electron chi connectivity index (χ2n) is 3.25. The number of primary amides is 1. The summed E-state index contributed by atoms with van der Waals surface area (Å²) in [4.78, 5) is 14.6. The van der Waals surface area contributed by atoms with Crippen molar-refractivity contribution in [3.8, 4) is 11.3 Å². The lowest BCUT2D eigenvalue weighted by atomic mass is 10.2. The minimum atomic E-state index is -0.367. The lowest BCUT2D eigenvalue weighted by Gasteiger charge is -2.00. The van der Waals surface area contributed by atoms with Crippen molar-refractivity contribution in [2.45, 2.75) is 5.03 Å². The van der Waals surface area contributed by atoms with E-state index in [4.69, 9.17) is 5.73 Å². The van der Waals surface area contributed by atoms with E-state index in [0.29, 0.717) is 5.03 Å². The van der Waals surface area contributed by atoms with Gasteiger partial charge in [0, 0.05) is 18.0 Å². The Morgan fingerprint density at radius 3 is 2.76 bits per heavy atom. The highest BCUT2D eigenvalue weighted by molar-refractivity contribution is 7.99. The van der Waals surface area contributed by atoms with Crippen molar-refractivity contribution in [1.29, 1.82) is 0 Å². The van der Waals surface area contributed by atoms with Crippen molar-refractivity contribution >= 4 is 17.7 Å². The Kier molecular flexibility index (Phi) is 3.66. The van der Waals surface area contributed by atoms with E-state index in [0.717, 1.165) is 11.3 Å². The molecule has 2 aromatic rings. The molecule has 6 heteroatoms. The molecule has 0 saturated heterocycles. The Hall–Kier alpha value is -1.95. The molecule has 0 bridgehead atoms. The zero-order valence-electron chi connectivity index (χ0n) is 8.91. The molecule has 2 aromatic heterocycles. The maximum absolute atomic E-state index is 10.6. The molecular formula is C11H10N4OS. The summed E-state index contributed by atoms with van der Waals surface area (Å²) < 4.78 is 0. The van der Waals surface area contributed by atoms with Gasteiger partial charge in [-0.2, -0.15) is 0 Å². The van der Waals surface area contributed by atoms with E-state index in [9.17, 15) is 4.79 Å². The minimum absolute atomic E-state index is 0.209. The normalized spacial score (nSPS) is 10.1. The third-order valence-electron chi connectivity index (χ3n) is 1.96. The Labute approximate surface area is 102 Å². The highest BCUT2D eigenvalue weighted by Gasteiger charge is 2.02. The van der Waals surface area contributed by atoms with Gasteiger partial charge in [0.1, 0.15) is 5.03 Å². The highest BCUT2D eigenvalue weighted by Crippen LogP contribution is 2.18. The number of carbonyl (C=O) groups excluding carboxylic acids is 1. The van der Waals surface area contributed by atoms with Crippen molar-refractivity contribution in [2.75, 3.05) is 5.75 Å². The topological polar surface area (TPSA) is 81.8 Å². The van der Waals surface area contributed by atoms with Crippen LogP contribution in [0.25, 0.3) is 11.3 Å². The molecule has 0 unspecified atom stereocenters. The van der Waals surface area contributed by atoms with Gasteiger partial charge in [0.25, 0.3) is 0 Å². The first-order valence-corrected chi connectivity index (χ1v) is 5.89. The summed E-state index contributed by atoms with van der Waals surface area (Å²) in [7, 11) is 0. The van der Waals surface area contributed by atoms with E-state index in [1.165, 1.54) is 11.8 Å². The standard InChI is InChI=1S/C11H10N4OS/c12-10(16)7-17-11-4-3-9(14-15-11)8-2-1-5-13-6-8/h1-6H,7H2,(H2,12,16). The Morgan fingerprint density at radius 1 is 1.29 bits per heavy atom. The maximum atomic E-state index is 10.6. The van der Waals surface area contributed by atoms with Crippen LogP contribution >= 0.6 is 11.8 Å². The number of hydrogen-bond donors (Lipinski definition) is 1. The molecule has 2 rings (SSSR count). The van der Waals surface area contributed by atoms with E-state index in [-0.39, 0.29) is 11.7 Å². The fourth-order valence-electron chi connectivity index (χ4n) is 1.21. The molecule has 1 amide bonds. The van der Waals surface area contributed by atoms with Crippen LogP contribution in [0.15, 0.2) is 41.7 Å². The van der Waals surface area contributed by atoms with Crippen molar-refractivity contribution in [3.63, 3.8) is 0 Å². The van der Waals surface area contributed by atoms with E-state index >= 15 is 0 Å². The maximum Gasteiger partial charge on any atom is 0.227 e. The van der Waals surface area contributed by atoms with Crippen LogP contribution in [0.3, 0.4) is 0 Å². The van der Waals surface area contributed by atoms with Gasteiger partial charge in [-0.3, -0.25) is 9.78 Å². The predicted octanol–water partition coefficient (Wildman–Crippen LogP) is 1.12. The number of aromatic nitrogens is 3. The molecule has 0 radical (unpaired) electrons. The molecule has 86 valence electrons. The molecule has 17 heavy (non-hydrogen) atoms. The van der Waals surface area contributed by atoms with Crippen LogP contribution in [0.2, 0.25) is 0 Å². The smallest absolute Gasteiger partial charge is 0.227 e. The van der Waals surface area contributed by atoms with Gasteiger partial charge in [-0.25, -0.2) is 0 Å². The monoisotopic (exact) mass is 246 g/mol. The number of amides is 1. The SMILES string of the molecule is NC(=O)CSc1ccc(-c2cccnc2)nn1. The average molecular weight is 246 g/mol. The molecule has 0 spiro atoms. The predicted molar refractivity (Wildman–Crippen MR) is 65.2 cm³/mol. The molecule has 2 N–H and O–H groups in total. The number of hydrogen-bond acceptors (Lipinski definition) is 5. The van der Waals surface area contributed by atoms with Gasteiger partial charge in [-0.1, -0.05) is 11.8 Å². The lowest BCUT2D eigenvalue weighted by Crippen LogP contribution is -2.13. The largest absolute Gasteiger partial charge is 0.369 e. The summed E-state index contributed by atoms with van der Waals surface area (Å²) >= 11 is 1.27. The van der Waals surface area contributed by atoms with Crippen molar-refractivity contribution < 1.29 is 4.79 Å². The molecule has 0 aliphatic carbocycles. The number of nitrogens with two attached hydrogens (primary N) is 1. The fraction of sp³-hybridized carbons (Fsp3) is 0.0909. The van der Waals surface area contributed by atoms with Crippen molar-refractivity contribution in [2.24, 2.45) is 5.73 Å². The minimum Gasteiger partial charge on any atom is -0.369 e. The Balaban J connectivity index is 2.11. The van der Waals surface area contributed by atoms with E-state index in [1.54, 1.807) is 12.4 Å². The summed E-state index contributed by atoms with van der Waals surface area (Å²) in [5.41, 5.74) is 6.71. The number of thioether (sulfide) groups is 1. The van der Waals surface area contributed by atoms with Gasteiger partial charge in [-0.15, -0.1) is 10.2 Å². The first-order valence-electron chi connectivity index (χ1n) is 4.91. The number of carbonyl (C=O) groups is 1. The van der Waals surface area contributed by atoms with Crippen LogP contribution in [0, 0.1) is 0 Å². The third kappa shape index (κ3) is 3.25. The second kappa shape index (κ2) is 5.40. The summed E-state index contributed by atoms with van der Waals surface area (Å²) in [5, 5.41) is 8.75. The third-order valence-corrected chi connectivity index (χ3v) is 2.90. The summed E-state index contributed by atoms with van der Waals surface area (Å²) in [6.07, 6.45) is 3.42. The number of pyridine rings is 1. The quantitative estimate of drug-likeness (QED) is 0.817. The molecule has 0 aromatic carbocycles. The first-order chi connectivity index (χ1) is 8.25. The van der Waals surface area contributed by atoms with Crippen molar-refractivity contribution in [3.05, 3.63) is 36.7 Å². The molecular weight excluding hydrogens is 236 g/mol. The van der Waals surface area contributed by atoms with Gasteiger partial charge in [0.05, 0.1) is 11.4 Å². The van der Waals surface area contributed by atoms with Crippen molar-refractivity contribution in [1.82, 2.24) is 15.2 Å². The molecule has 0 fully saturated rings. The zero-order chi connectivity index (χ0) is 12.1. The Morgan fingerprint density at radius 2 is 2.18 bits per heavy atom. The van der Waals surface area contributed by atoms with Gasteiger partial charge in [-0.05, 0) is 24.3 Å². The molecule has 2 heterocycles. The van der Waals surface area contributed by atoms with E-state index < -0.39 is 0 Å². The van der Waals surface area contributed by atoms with Crippen LogP contribution in [0.4, 0.5) is 0 Å². The van der Waals surface area contributed by atoms with Crippen LogP contribution in [-0.4, -0.2) is 26.8 Å². The summed E-state index contributed by atoms with van der Waals surface area (Å²) in [6.45, 7) is 0. The number of rotatable bonds is 4. The van der Waals surface area contributed by atoms with Gasteiger partial charge in [0.2, 0.25) is 5.91 Å². The van der Waals surface area contributed by atoms with Crippen LogP contribution < -0.4 is 5.73 Å². The number of nitrogens with zero attached hydrogens (tertiary/aromatic N) is 3. The summed E-state index contributed by atoms with van der Waals surface area (Å²) in [6, 6.07) is 7.40. The van der Waals surface area contributed by atoms with Crippen LogP contribution in [0.1, 0.15) is 0 Å². The molecule has 0 aliphatic rings. The van der Waals surface area contributed by atoms with Crippen LogP contribution in [-0.2, 0) is 4.79 Å². The van der Waals surface area contributed by atoms with E-state index in [2.05, 4.69) is 15.2 Å². The molecule has 5 nitrogen and oxygen atoms in total. The van der Waals surface area contributed by atoms with Gasteiger partial charge >= 0.3 is 0 Å². The molecule has 0 saturated carbocycles. The molecule has 0 atom stereocenters. The first kappa shape index (κ1) is 11.5.